The zero-order valence-electron chi connectivity index (χ0n) is 39.3. The van der Waals surface area contributed by atoms with Gasteiger partial charge in [-0.05, 0) is 57.8 Å². The van der Waals surface area contributed by atoms with Crippen LogP contribution in [0.1, 0.15) is 264 Å². The first-order valence-electron chi connectivity index (χ1n) is 25.9. The van der Waals surface area contributed by atoms with Gasteiger partial charge >= 0.3 is 0 Å². The van der Waals surface area contributed by atoms with Crippen molar-refractivity contribution < 1.29 is 25.2 Å². The average molecular weight is 832 g/mol. The van der Waals surface area contributed by atoms with E-state index in [1.807, 2.05) is 0 Å². The zero-order valence-corrected chi connectivity index (χ0v) is 39.3. The van der Waals surface area contributed by atoms with Gasteiger partial charge in [-0.2, -0.15) is 0 Å². The zero-order chi connectivity index (χ0) is 43.1. The molecule has 0 bridgehead atoms. The average Bonchev–Trinajstić information content (AvgIpc) is 3.24. The fourth-order valence-corrected chi connectivity index (χ4v) is 7.98. The number of carbonyl (C=O) groups excluding carboxylic acids is 1. The van der Waals surface area contributed by atoms with Crippen LogP contribution in [-0.2, 0) is 4.79 Å². The first-order chi connectivity index (χ1) is 29.0. The number of allylic oxidation sites excluding steroid dienone is 6. The third-order valence-electron chi connectivity index (χ3n) is 12.0. The van der Waals surface area contributed by atoms with Crippen molar-refractivity contribution in [2.75, 3.05) is 6.61 Å². The molecule has 4 atom stereocenters. The van der Waals surface area contributed by atoms with Crippen LogP contribution < -0.4 is 5.32 Å². The Labute approximate surface area is 367 Å². The van der Waals surface area contributed by atoms with Gasteiger partial charge < -0.3 is 25.7 Å². The van der Waals surface area contributed by atoms with Crippen molar-refractivity contribution in [1.82, 2.24) is 5.32 Å². The predicted octanol–water partition coefficient (Wildman–Crippen LogP) is 14.5. The van der Waals surface area contributed by atoms with Crippen LogP contribution >= 0.6 is 0 Å². The molecule has 59 heavy (non-hydrogen) atoms. The van der Waals surface area contributed by atoms with Gasteiger partial charge in [0.2, 0.25) is 5.91 Å². The molecule has 0 radical (unpaired) electrons. The van der Waals surface area contributed by atoms with Crippen molar-refractivity contribution in [2.24, 2.45) is 0 Å². The van der Waals surface area contributed by atoms with Crippen molar-refractivity contribution >= 4 is 5.91 Å². The molecule has 0 aliphatic carbocycles. The summed E-state index contributed by atoms with van der Waals surface area (Å²) < 4.78 is 0. The van der Waals surface area contributed by atoms with Crippen LogP contribution in [0, 0.1) is 0 Å². The van der Waals surface area contributed by atoms with Crippen LogP contribution in [-0.4, -0.2) is 57.3 Å². The van der Waals surface area contributed by atoms with Gasteiger partial charge in [0.15, 0.2) is 0 Å². The molecule has 0 heterocycles. The molecule has 0 fully saturated rings. The Bertz CT molecular complexity index is 935. The second kappa shape index (κ2) is 47.6. The summed E-state index contributed by atoms with van der Waals surface area (Å²) in [5.41, 5.74) is 0. The number of amides is 1. The van der Waals surface area contributed by atoms with E-state index in [-0.39, 0.29) is 0 Å². The molecule has 0 aromatic rings. The van der Waals surface area contributed by atoms with Gasteiger partial charge in [0, 0.05) is 0 Å². The summed E-state index contributed by atoms with van der Waals surface area (Å²) in [6, 6.07) is -1.01. The maximum absolute atomic E-state index is 12.5. The van der Waals surface area contributed by atoms with Crippen LogP contribution in [0.3, 0.4) is 0 Å². The minimum atomic E-state index is -1.29. The number of unbranched alkanes of at least 4 members (excludes halogenated alkanes) is 32. The van der Waals surface area contributed by atoms with Gasteiger partial charge in [-0.1, -0.05) is 243 Å². The summed E-state index contributed by atoms with van der Waals surface area (Å²) in [7, 11) is 0. The van der Waals surface area contributed by atoms with Gasteiger partial charge in [-0.15, -0.1) is 0 Å². The Balaban J connectivity index is 3.61. The number of nitrogens with one attached hydrogen (secondary N) is 1. The van der Waals surface area contributed by atoms with E-state index in [2.05, 4.69) is 55.6 Å². The first-order valence-corrected chi connectivity index (χ1v) is 25.9. The number of hydrogen-bond acceptors (Lipinski definition) is 5. The summed E-state index contributed by atoms with van der Waals surface area (Å²) in [5, 5.41) is 43.7. The van der Waals surface area contributed by atoms with E-state index in [0.29, 0.717) is 19.3 Å². The number of rotatable bonds is 47. The molecule has 0 aromatic carbocycles. The summed E-state index contributed by atoms with van der Waals surface area (Å²) >= 11 is 0. The van der Waals surface area contributed by atoms with E-state index in [0.717, 1.165) is 57.8 Å². The lowest BCUT2D eigenvalue weighted by molar-refractivity contribution is -0.132. The summed E-state index contributed by atoms with van der Waals surface area (Å²) in [6.07, 6.45) is 57.8. The Kier molecular flexibility index (Phi) is 46.4. The van der Waals surface area contributed by atoms with E-state index in [1.165, 1.54) is 173 Å². The van der Waals surface area contributed by atoms with Gasteiger partial charge in [-0.25, -0.2) is 0 Å². The number of hydrogen-bond donors (Lipinski definition) is 5. The van der Waals surface area contributed by atoms with Crippen molar-refractivity contribution in [3.8, 4) is 0 Å². The highest BCUT2D eigenvalue weighted by Crippen LogP contribution is 2.17. The van der Waals surface area contributed by atoms with E-state index >= 15 is 0 Å². The van der Waals surface area contributed by atoms with Crippen LogP contribution in [0.5, 0.6) is 0 Å². The molecule has 0 aliphatic heterocycles. The molecule has 0 rings (SSSR count). The molecular formula is C53H101NO5. The van der Waals surface area contributed by atoms with E-state index in [9.17, 15) is 25.2 Å². The molecule has 0 aromatic heterocycles. The molecule has 348 valence electrons. The molecule has 1 amide bonds. The highest BCUT2D eigenvalue weighted by Gasteiger charge is 2.28. The summed E-state index contributed by atoms with van der Waals surface area (Å²) in [5.74, 6) is -0.597. The van der Waals surface area contributed by atoms with Crippen LogP contribution in [0.4, 0.5) is 0 Å². The summed E-state index contributed by atoms with van der Waals surface area (Å²) in [6.45, 7) is 3.98. The van der Waals surface area contributed by atoms with Crippen LogP contribution in [0.2, 0.25) is 0 Å². The maximum atomic E-state index is 12.5. The smallest absolute Gasteiger partial charge is 0.249 e. The number of aliphatic hydroxyl groups is 4. The Morgan fingerprint density at radius 2 is 0.729 bits per heavy atom. The topological polar surface area (TPSA) is 110 Å². The Morgan fingerprint density at radius 1 is 0.407 bits per heavy atom. The molecular weight excluding hydrogens is 731 g/mol. The minimum Gasteiger partial charge on any atom is -0.394 e. The van der Waals surface area contributed by atoms with Gasteiger partial charge in [-0.3, -0.25) is 4.79 Å². The van der Waals surface area contributed by atoms with Gasteiger partial charge in [0.1, 0.15) is 12.2 Å². The highest BCUT2D eigenvalue weighted by molar-refractivity contribution is 5.80. The van der Waals surface area contributed by atoms with Crippen molar-refractivity contribution in [3.05, 3.63) is 36.5 Å². The second-order valence-electron chi connectivity index (χ2n) is 17.8. The monoisotopic (exact) mass is 832 g/mol. The third-order valence-corrected chi connectivity index (χ3v) is 12.0. The van der Waals surface area contributed by atoms with E-state index in [1.54, 1.807) is 0 Å². The van der Waals surface area contributed by atoms with Crippen molar-refractivity contribution in [2.45, 2.75) is 289 Å². The van der Waals surface area contributed by atoms with Gasteiger partial charge in [0.05, 0.1) is 18.8 Å². The molecule has 0 aliphatic rings. The molecule has 5 N–H and O–H groups in total. The largest absolute Gasteiger partial charge is 0.394 e. The maximum Gasteiger partial charge on any atom is 0.249 e. The van der Waals surface area contributed by atoms with E-state index in [4.69, 9.17) is 0 Å². The molecule has 0 saturated heterocycles. The minimum absolute atomic E-state index is 0.362. The predicted molar refractivity (Wildman–Crippen MR) is 256 cm³/mol. The van der Waals surface area contributed by atoms with Crippen LogP contribution in [0.25, 0.3) is 0 Å². The van der Waals surface area contributed by atoms with Crippen molar-refractivity contribution in [3.63, 3.8) is 0 Å². The number of carbonyl (C=O) groups is 1. The lowest BCUT2D eigenvalue weighted by atomic mass is 10.00. The molecule has 0 spiro atoms. The first kappa shape index (κ1) is 57.5. The molecule has 0 saturated carbocycles. The Hall–Kier alpha value is -1.47. The van der Waals surface area contributed by atoms with Crippen molar-refractivity contribution in [1.29, 1.82) is 0 Å². The standard InChI is InChI=1S/C53H101NO5/c1-3-5-7-9-11-13-15-17-19-20-21-22-23-24-25-26-27-28-29-30-31-32-33-35-37-39-41-43-45-47-51(57)53(59)54-49(48-55)52(58)50(56)46-44-42-40-38-36-34-18-16-14-12-10-8-6-4-2/h8,10,16,18,38,40,49-52,55-58H,3-7,9,11-15,17,19-37,39,41-48H2,1-2H3,(H,54,59)/b10-8+,18-16+,40-38+. The fourth-order valence-electron chi connectivity index (χ4n) is 7.98. The normalized spacial score (nSPS) is 14.2. The highest BCUT2D eigenvalue weighted by atomic mass is 16.3. The third kappa shape index (κ3) is 41.6. The van der Waals surface area contributed by atoms with Crippen LogP contribution in [0.15, 0.2) is 36.5 Å². The summed E-state index contributed by atoms with van der Waals surface area (Å²) in [4.78, 5) is 12.5. The fraction of sp³-hybridized carbons (Fsp3) is 0.868. The Morgan fingerprint density at radius 3 is 1.07 bits per heavy atom. The number of aliphatic hydroxyl groups excluding tert-OH is 4. The van der Waals surface area contributed by atoms with Gasteiger partial charge in [0.25, 0.3) is 0 Å². The quantitative estimate of drug-likeness (QED) is 0.0310. The molecule has 4 unspecified atom stereocenters. The SMILES string of the molecule is CCC/C=C/CC/C=C/CC/C=C/CCCC(O)C(O)C(CO)NC(=O)C(O)CCCCCCCCCCCCCCCCCCCCCCCCCCCCCCC. The molecule has 6 nitrogen and oxygen atoms in total. The lowest BCUT2D eigenvalue weighted by Crippen LogP contribution is -2.53. The molecule has 6 heteroatoms. The lowest BCUT2D eigenvalue weighted by Gasteiger charge is -2.27. The second-order valence-corrected chi connectivity index (χ2v) is 17.8. The van der Waals surface area contributed by atoms with E-state index < -0.39 is 36.9 Å².